The number of hydrogen-bond donors (Lipinski definition) is 3. The average molecular weight is 699 g/mol. The monoisotopic (exact) mass is 699 g/mol. The van der Waals surface area contributed by atoms with Crippen LogP contribution in [0.5, 0.6) is 0 Å². The zero-order chi connectivity index (χ0) is 36.1. The molecule has 8 unspecified atom stereocenters. The molecule has 0 aromatic heterocycles. The van der Waals surface area contributed by atoms with Gasteiger partial charge in [-0.2, -0.15) is 0 Å². The summed E-state index contributed by atoms with van der Waals surface area (Å²) < 4.78 is 6.09. The third-order valence-electron chi connectivity index (χ3n) is 14.5. The highest BCUT2D eigenvalue weighted by Crippen LogP contribution is 2.67. The summed E-state index contributed by atoms with van der Waals surface area (Å²) in [5.74, 6) is 5.08. The molecule has 0 spiro atoms. The Kier molecular flexibility index (Phi) is 16.6. The van der Waals surface area contributed by atoms with E-state index in [9.17, 15) is 9.59 Å². The van der Waals surface area contributed by atoms with Gasteiger partial charge in [0.25, 0.3) is 0 Å². The number of carbonyl (C=O) groups is 2. The maximum absolute atomic E-state index is 13.0. The van der Waals surface area contributed by atoms with Crippen molar-refractivity contribution in [3.63, 3.8) is 0 Å². The van der Waals surface area contributed by atoms with E-state index >= 15 is 0 Å². The fourth-order valence-corrected chi connectivity index (χ4v) is 11.3. The minimum atomic E-state index is -0.137. The smallest absolute Gasteiger partial charge is 0.306 e. The van der Waals surface area contributed by atoms with Gasteiger partial charge in [-0.15, -0.1) is 0 Å². The highest BCUT2D eigenvalue weighted by molar-refractivity contribution is 5.77. The number of carbonyl (C=O) groups excluding carboxylic acids is 2. The summed E-state index contributed by atoms with van der Waals surface area (Å²) in [5.41, 5.74) is 13.7. The number of unbranched alkanes of at least 4 members (excludes halogenated alkanes) is 1. The Morgan fingerprint density at radius 2 is 1.68 bits per heavy atom. The second-order valence-electron chi connectivity index (χ2n) is 17.8. The highest BCUT2D eigenvalue weighted by atomic mass is 16.5. The number of hydrogen-bond acceptors (Lipinski definition) is 6. The lowest BCUT2D eigenvalue weighted by Gasteiger charge is -2.58. The van der Waals surface area contributed by atoms with Gasteiger partial charge in [-0.25, -0.2) is 0 Å². The molecule has 3 saturated carbocycles. The van der Waals surface area contributed by atoms with Gasteiger partial charge in [0, 0.05) is 32.4 Å². The van der Waals surface area contributed by atoms with E-state index in [4.69, 9.17) is 16.2 Å². The van der Waals surface area contributed by atoms with E-state index in [0.29, 0.717) is 44.3 Å². The van der Waals surface area contributed by atoms with E-state index in [-0.39, 0.29) is 23.4 Å². The molecule has 8 atom stereocenters. The first kappa shape index (κ1) is 41.3. The minimum Gasteiger partial charge on any atom is -0.462 e. The van der Waals surface area contributed by atoms with Crippen molar-refractivity contribution in [2.45, 2.75) is 163 Å². The van der Waals surface area contributed by atoms with Crippen molar-refractivity contribution in [3.05, 3.63) is 11.6 Å². The largest absolute Gasteiger partial charge is 0.462 e. The molecule has 7 nitrogen and oxygen atoms in total. The van der Waals surface area contributed by atoms with Crippen LogP contribution < -0.4 is 16.8 Å². The second-order valence-corrected chi connectivity index (χ2v) is 17.8. The van der Waals surface area contributed by atoms with Crippen molar-refractivity contribution in [2.24, 2.45) is 57.8 Å². The predicted molar refractivity (Wildman–Crippen MR) is 207 cm³/mol. The molecule has 3 fully saturated rings. The predicted octanol–water partition coefficient (Wildman–Crippen LogP) is 8.40. The maximum Gasteiger partial charge on any atom is 0.306 e. The van der Waals surface area contributed by atoms with Gasteiger partial charge in [0.2, 0.25) is 5.91 Å². The molecule has 0 saturated heterocycles. The van der Waals surface area contributed by atoms with E-state index in [1.807, 2.05) is 4.90 Å². The van der Waals surface area contributed by atoms with Gasteiger partial charge in [0.05, 0.1) is 0 Å². The molecule has 0 heterocycles. The number of nitrogens with one attached hydrogen (secondary N) is 1. The molecule has 5 N–H and O–H groups in total. The molecule has 4 rings (SSSR count). The van der Waals surface area contributed by atoms with Gasteiger partial charge >= 0.3 is 5.97 Å². The fourth-order valence-electron chi connectivity index (χ4n) is 11.3. The van der Waals surface area contributed by atoms with Crippen LogP contribution in [0.1, 0.15) is 157 Å². The molecule has 50 heavy (non-hydrogen) atoms. The molecular weight excluding hydrogens is 620 g/mol. The minimum absolute atomic E-state index is 0.0175. The normalized spacial score (nSPS) is 31.0. The Morgan fingerprint density at radius 3 is 2.42 bits per heavy atom. The van der Waals surface area contributed by atoms with Gasteiger partial charge < -0.3 is 26.4 Å². The lowest BCUT2D eigenvalue weighted by molar-refractivity contribution is -0.151. The Hall–Kier alpha value is -1.44. The highest BCUT2D eigenvalue weighted by Gasteiger charge is 2.58. The molecule has 0 aromatic carbocycles. The number of fused-ring (bicyclic) bond motifs is 5. The zero-order valence-electron chi connectivity index (χ0n) is 33.1. The molecule has 0 aliphatic heterocycles. The third kappa shape index (κ3) is 10.6. The van der Waals surface area contributed by atoms with Crippen LogP contribution in [0.15, 0.2) is 11.6 Å². The van der Waals surface area contributed by atoms with Crippen molar-refractivity contribution >= 4 is 11.9 Å². The Labute approximate surface area is 307 Å². The summed E-state index contributed by atoms with van der Waals surface area (Å²) >= 11 is 0. The van der Waals surface area contributed by atoms with E-state index in [2.05, 4.69) is 46.0 Å². The summed E-state index contributed by atoms with van der Waals surface area (Å²) in [6, 6.07) is 0. The SMILES string of the molecule is CCC(CCCC1CCC2C3CC=C4CC(OC(=O)CCCC(=O)N(CCCN)CCCCNCCCN)CCC4(C)C3CCC12C)C(C)C. The van der Waals surface area contributed by atoms with Crippen LogP contribution >= 0.6 is 0 Å². The van der Waals surface area contributed by atoms with Crippen molar-refractivity contribution < 1.29 is 14.3 Å². The Morgan fingerprint density at radius 1 is 0.920 bits per heavy atom. The zero-order valence-corrected chi connectivity index (χ0v) is 33.1. The van der Waals surface area contributed by atoms with Crippen LogP contribution in [0.25, 0.3) is 0 Å². The molecular formula is C43H78N4O3. The molecule has 0 aromatic rings. The summed E-state index contributed by atoms with van der Waals surface area (Å²) in [5, 5.41) is 3.41. The molecule has 0 radical (unpaired) electrons. The van der Waals surface area contributed by atoms with Crippen molar-refractivity contribution in [1.82, 2.24) is 10.2 Å². The number of allylic oxidation sites excluding steroid dienone is 1. The van der Waals surface area contributed by atoms with Gasteiger partial charge in [-0.3, -0.25) is 9.59 Å². The van der Waals surface area contributed by atoms with E-state index < -0.39 is 0 Å². The number of amides is 1. The lowest BCUT2D eigenvalue weighted by Crippen LogP contribution is -2.50. The molecule has 4 aliphatic carbocycles. The summed E-state index contributed by atoms with van der Waals surface area (Å²) in [6.07, 6.45) is 23.1. The van der Waals surface area contributed by atoms with Gasteiger partial charge in [0.1, 0.15) is 6.10 Å². The lowest BCUT2D eigenvalue weighted by atomic mass is 9.47. The van der Waals surface area contributed by atoms with Crippen LogP contribution in [-0.2, 0) is 14.3 Å². The first-order valence-electron chi connectivity index (χ1n) is 21.3. The molecule has 4 aliphatic rings. The Balaban J connectivity index is 1.21. The van der Waals surface area contributed by atoms with Crippen LogP contribution in [0.3, 0.4) is 0 Å². The number of rotatable bonds is 22. The quantitative estimate of drug-likeness (QED) is 0.0595. The van der Waals surface area contributed by atoms with Gasteiger partial charge in [0.15, 0.2) is 0 Å². The average Bonchev–Trinajstić information content (AvgIpc) is 3.43. The van der Waals surface area contributed by atoms with E-state index in [1.54, 1.807) is 5.57 Å². The van der Waals surface area contributed by atoms with Crippen LogP contribution in [0.2, 0.25) is 0 Å². The summed E-state index contributed by atoms with van der Waals surface area (Å²) in [4.78, 5) is 28.0. The van der Waals surface area contributed by atoms with Crippen molar-refractivity contribution in [2.75, 3.05) is 39.3 Å². The van der Waals surface area contributed by atoms with Crippen LogP contribution in [0.4, 0.5) is 0 Å². The fraction of sp³-hybridized carbons (Fsp3) is 0.907. The van der Waals surface area contributed by atoms with Crippen LogP contribution in [-0.4, -0.2) is 62.1 Å². The number of ether oxygens (including phenoxy) is 1. The third-order valence-corrected chi connectivity index (χ3v) is 14.5. The van der Waals surface area contributed by atoms with E-state index in [1.165, 1.54) is 57.8 Å². The molecule has 0 bridgehead atoms. The van der Waals surface area contributed by atoms with Gasteiger partial charge in [-0.1, -0.05) is 65.5 Å². The molecule has 288 valence electrons. The standard InChI is InChI=1S/C43H78N4O3/c1-6-33(32(2)3)13-9-14-34-18-20-38-37-19-17-35-31-36(21-23-43(35,5)39(37)22-24-42(34,38)4)50-41(49)16-10-15-40(48)47(30-12-26-45)29-8-7-27-46-28-11-25-44/h17,32-34,36-39,46H,6-16,18-31,44-45H2,1-5H3. The second kappa shape index (κ2) is 20.1. The maximum atomic E-state index is 13.0. The number of nitrogens with two attached hydrogens (primary N) is 2. The summed E-state index contributed by atoms with van der Waals surface area (Å²) in [6.45, 7) is 17.0. The topological polar surface area (TPSA) is 111 Å². The first-order valence-corrected chi connectivity index (χ1v) is 21.3. The van der Waals surface area contributed by atoms with Gasteiger partial charge in [-0.05, 0) is 156 Å². The number of esters is 1. The molecule has 1 amide bonds. The van der Waals surface area contributed by atoms with Crippen molar-refractivity contribution in [1.29, 1.82) is 0 Å². The van der Waals surface area contributed by atoms with E-state index in [0.717, 1.165) is 100 Å². The summed E-state index contributed by atoms with van der Waals surface area (Å²) in [7, 11) is 0. The number of nitrogens with zero attached hydrogens (tertiary/aromatic N) is 1. The Bertz CT molecular complexity index is 1080. The first-order chi connectivity index (χ1) is 24.1. The van der Waals surface area contributed by atoms with Crippen LogP contribution in [0, 0.1) is 46.3 Å². The molecule has 7 heteroatoms. The van der Waals surface area contributed by atoms with Crippen molar-refractivity contribution in [3.8, 4) is 0 Å².